The average Bonchev–Trinajstić information content (AvgIpc) is 3.09. The van der Waals surface area contributed by atoms with E-state index in [4.69, 9.17) is 16.3 Å². The molecule has 2 aromatic heterocycles. The number of benzene rings is 1. The standard InChI is InChI=1S/C21H22ClN5O2S/c1-3-29-19(28)17-13(2)23-21(30-17)26-20-24-16-12-27(10-9-15(16)18(22)25-20)11-14-7-5-4-6-8-14/h4-8H,3,9-12H2,1-2H3,(H,23,24,25,26). The molecule has 0 spiro atoms. The second-order valence-electron chi connectivity index (χ2n) is 6.99. The molecule has 156 valence electrons. The van der Waals surface area contributed by atoms with Crippen LogP contribution >= 0.6 is 22.9 Å². The summed E-state index contributed by atoms with van der Waals surface area (Å²) in [4.78, 5) is 28.3. The Labute approximate surface area is 184 Å². The second-order valence-corrected chi connectivity index (χ2v) is 8.35. The smallest absolute Gasteiger partial charge is 0.350 e. The van der Waals surface area contributed by atoms with E-state index in [1.165, 1.54) is 16.9 Å². The summed E-state index contributed by atoms with van der Waals surface area (Å²) in [7, 11) is 0. The summed E-state index contributed by atoms with van der Waals surface area (Å²) in [6, 6.07) is 10.4. The fourth-order valence-corrected chi connectivity index (χ4v) is 4.54. The van der Waals surface area contributed by atoms with Crippen molar-refractivity contribution in [1.29, 1.82) is 0 Å². The first kappa shape index (κ1) is 20.7. The molecule has 0 bridgehead atoms. The molecule has 1 aliphatic rings. The largest absolute Gasteiger partial charge is 0.462 e. The predicted molar refractivity (Wildman–Crippen MR) is 117 cm³/mol. The van der Waals surface area contributed by atoms with Gasteiger partial charge < -0.3 is 4.74 Å². The molecule has 1 aromatic carbocycles. The molecule has 9 heteroatoms. The molecule has 1 N–H and O–H groups in total. The minimum Gasteiger partial charge on any atom is -0.462 e. The third kappa shape index (κ3) is 4.61. The van der Waals surface area contributed by atoms with E-state index >= 15 is 0 Å². The van der Waals surface area contributed by atoms with Crippen LogP contribution in [0.4, 0.5) is 11.1 Å². The summed E-state index contributed by atoms with van der Waals surface area (Å²) in [5.41, 5.74) is 3.79. The van der Waals surface area contributed by atoms with E-state index in [1.54, 1.807) is 13.8 Å². The quantitative estimate of drug-likeness (QED) is 0.447. The van der Waals surface area contributed by atoms with Gasteiger partial charge in [0.1, 0.15) is 10.0 Å². The number of thiazole rings is 1. The van der Waals surface area contributed by atoms with E-state index in [-0.39, 0.29) is 5.97 Å². The van der Waals surface area contributed by atoms with Crippen molar-refractivity contribution in [3.8, 4) is 0 Å². The Morgan fingerprint density at radius 3 is 2.83 bits per heavy atom. The number of nitrogens with zero attached hydrogens (tertiary/aromatic N) is 4. The normalized spacial score (nSPS) is 13.7. The summed E-state index contributed by atoms with van der Waals surface area (Å²) in [5.74, 6) is 0.00552. The highest BCUT2D eigenvalue weighted by atomic mass is 35.5. The highest BCUT2D eigenvalue weighted by Gasteiger charge is 2.23. The molecule has 0 amide bonds. The van der Waals surface area contributed by atoms with Gasteiger partial charge in [-0.05, 0) is 25.8 Å². The third-order valence-electron chi connectivity index (χ3n) is 4.82. The number of carbonyl (C=O) groups is 1. The van der Waals surface area contributed by atoms with E-state index in [0.29, 0.717) is 40.0 Å². The maximum Gasteiger partial charge on any atom is 0.350 e. The van der Waals surface area contributed by atoms with Crippen LogP contribution in [-0.4, -0.2) is 39.0 Å². The van der Waals surface area contributed by atoms with E-state index in [1.807, 2.05) is 6.07 Å². The van der Waals surface area contributed by atoms with Crippen LogP contribution in [0.3, 0.4) is 0 Å². The first-order valence-electron chi connectivity index (χ1n) is 9.76. The van der Waals surface area contributed by atoms with Gasteiger partial charge in [0.2, 0.25) is 5.95 Å². The van der Waals surface area contributed by atoms with Gasteiger partial charge in [0.15, 0.2) is 5.13 Å². The number of carbonyl (C=O) groups excluding carboxylic acids is 1. The van der Waals surface area contributed by atoms with Crippen molar-refractivity contribution >= 4 is 40.0 Å². The van der Waals surface area contributed by atoms with Crippen LogP contribution in [0.25, 0.3) is 0 Å². The van der Waals surface area contributed by atoms with Gasteiger partial charge in [-0.25, -0.2) is 19.7 Å². The number of rotatable bonds is 6. The maximum atomic E-state index is 12.0. The zero-order chi connectivity index (χ0) is 21.1. The highest BCUT2D eigenvalue weighted by molar-refractivity contribution is 7.17. The Kier molecular flexibility index (Phi) is 6.26. The predicted octanol–water partition coefficient (Wildman–Crippen LogP) is 4.37. The molecule has 0 saturated heterocycles. The first-order valence-corrected chi connectivity index (χ1v) is 11.0. The minimum absolute atomic E-state index is 0.321. The van der Waals surface area contributed by atoms with Crippen LogP contribution in [-0.2, 0) is 24.2 Å². The summed E-state index contributed by atoms with van der Waals surface area (Å²) in [5, 5.41) is 4.08. The zero-order valence-electron chi connectivity index (χ0n) is 16.8. The fourth-order valence-electron chi connectivity index (χ4n) is 3.40. The summed E-state index contributed by atoms with van der Waals surface area (Å²) in [6.45, 7) is 6.34. The molecule has 0 radical (unpaired) electrons. The number of ether oxygens (including phenoxy) is 1. The number of esters is 1. The molecule has 3 aromatic rings. The van der Waals surface area contributed by atoms with Crippen LogP contribution in [0, 0.1) is 6.92 Å². The number of nitrogens with one attached hydrogen (secondary N) is 1. The summed E-state index contributed by atoms with van der Waals surface area (Å²) in [6.07, 6.45) is 0.810. The molecule has 0 atom stereocenters. The van der Waals surface area contributed by atoms with Crippen LogP contribution < -0.4 is 5.32 Å². The number of hydrogen-bond acceptors (Lipinski definition) is 8. The number of halogens is 1. The van der Waals surface area contributed by atoms with Gasteiger partial charge in [0.25, 0.3) is 0 Å². The molecule has 0 unspecified atom stereocenters. The van der Waals surface area contributed by atoms with Gasteiger partial charge in [-0.15, -0.1) is 0 Å². The average molecular weight is 444 g/mol. The van der Waals surface area contributed by atoms with Crippen molar-refractivity contribution in [3.63, 3.8) is 0 Å². The number of aryl methyl sites for hydroxylation is 1. The molecule has 3 heterocycles. The van der Waals surface area contributed by atoms with Gasteiger partial charge >= 0.3 is 5.97 Å². The van der Waals surface area contributed by atoms with Crippen molar-refractivity contribution in [2.75, 3.05) is 18.5 Å². The molecular formula is C21H22ClN5O2S. The molecule has 1 aliphatic heterocycles. The van der Waals surface area contributed by atoms with Crippen LogP contribution in [0.5, 0.6) is 0 Å². The van der Waals surface area contributed by atoms with Crippen molar-refractivity contribution < 1.29 is 9.53 Å². The van der Waals surface area contributed by atoms with Crippen molar-refractivity contribution in [1.82, 2.24) is 19.9 Å². The maximum absolute atomic E-state index is 12.0. The Balaban J connectivity index is 1.51. The zero-order valence-corrected chi connectivity index (χ0v) is 18.4. The van der Waals surface area contributed by atoms with Crippen LogP contribution in [0.2, 0.25) is 5.15 Å². The molecule has 7 nitrogen and oxygen atoms in total. The second kappa shape index (κ2) is 9.07. The Bertz CT molecular complexity index is 1060. The number of fused-ring (bicyclic) bond motifs is 1. The SMILES string of the molecule is CCOC(=O)c1sc(Nc2nc(Cl)c3c(n2)CN(Cc2ccccc2)CC3)nc1C. The molecule has 30 heavy (non-hydrogen) atoms. The molecule has 0 fully saturated rings. The van der Waals surface area contributed by atoms with Crippen LogP contribution in [0.15, 0.2) is 30.3 Å². The lowest BCUT2D eigenvalue weighted by Crippen LogP contribution is -2.31. The highest BCUT2D eigenvalue weighted by Crippen LogP contribution is 2.29. The van der Waals surface area contributed by atoms with Crippen LogP contribution in [0.1, 0.15) is 39.1 Å². The number of hydrogen-bond donors (Lipinski definition) is 1. The lowest BCUT2D eigenvalue weighted by molar-refractivity contribution is 0.0531. The number of aromatic nitrogens is 3. The lowest BCUT2D eigenvalue weighted by atomic mass is 10.1. The minimum atomic E-state index is -0.374. The third-order valence-corrected chi connectivity index (χ3v) is 6.18. The first-order chi connectivity index (χ1) is 14.5. The van der Waals surface area contributed by atoms with Crippen molar-refractivity contribution in [2.24, 2.45) is 0 Å². The molecular weight excluding hydrogens is 422 g/mol. The molecule has 4 rings (SSSR count). The monoisotopic (exact) mass is 443 g/mol. The molecule has 0 aliphatic carbocycles. The fraction of sp³-hybridized carbons (Fsp3) is 0.333. The lowest BCUT2D eigenvalue weighted by Gasteiger charge is -2.28. The molecule has 0 saturated carbocycles. The van der Waals surface area contributed by atoms with Crippen molar-refractivity contribution in [2.45, 2.75) is 33.4 Å². The van der Waals surface area contributed by atoms with Gasteiger partial charge in [0, 0.05) is 25.2 Å². The van der Waals surface area contributed by atoms with Gasteiger partial charge in [0.05, 0.1) is 18.0 Å². The number of anilines is 2. The Morgan fingerprint density at radius 1 is 1.27 bits per heavy atom. The van der Waals surface area contributed by atoms with E-state index in [9.17, 15) is 4.79 Å². The Morgan fingerprint density at radius 2 is 2.07 bits per heavy atom. The van der Waals surface area contributed by atoms with Crippen molar-refractivity contribution in [3.05, 3.63) is 62.9 Å². The Hall–Kier alpha value is -2.55. The van der Waals surface area contributed by atoms with E-state index in [2.05, 4.69) is 49.4 Å². The van der Waals surface area contributed by atoms with E-state index in [0.717, 1.165) is 30.8 Å². The van der Waals surface area contributed by atoms with Gasteiger partial charge in [-0.2, -0.15) is 0 Å². The van der Waals surface area contributed by atoms with E-state index < -0.39 is 0 Å². The summed E-state index contributed by atoms with van der Waals surface area (Å²) < 4.78 is 5.07. The van der Waals surface area contributed by atoms with Gasteiger partial charge in [-0.3, -0.25) is 10.2 Å². The topological polar surface area (TPSA) is 80.2 Å². The summed E-state index contributed by atoms with van der Waals surface area (Å²) >= 11 is 7.67. The van der Waals surface area contributed by atoms with Gasteiger partial charge in [-0.1, -0.05) is 53.3 Å².